The summed E-state index contributed by atoms with van der Waals surface area (Å²) in [5.41, 5.74) is 0. The molecule has 0 aliphatic heterocycles. The Bertz CT molecular complexity index is 453. The fourth-order valence-electron chi connectivity index (χ4n) is 1.78. The van der Waals surface area contributed by atoms with E-state index < -0.39 is 0 Å². The van der Waals surface area contributed by atoms with Gasteiger partial charge in [-0.15, -0.1) is 0 Å². The van der Waals surface area contributed by atoms with Crippen LogP contribution in [0.2, 0.25) is 0 Å². The lowest BCUT2D eigenvalue weighted by molar-refractivity contribution is 0.316. The molecule has 0 saturated heterocycles. The minimum absolute atomic E-state index is 0.653. The van der Waals surface area contributed by atoms with Gasteiger partial charge >= 0.3 is 0 Å². The maximum Gasteiger partial charge on any atom is 0.119 e. The summed E-state index contributed by atoms with van der Waals surface area (Å²) in [6, 6.07) is 9.87. The van der Waals surface area contributed by atoms with Gasteiger partial charge in [-0.2, -0.15) is 0 Å². The molecule has 0 atom stereocenters. The number of nitrogens with zero attached hydrogens (tertiary/aromatic N) is 2. The zero-order valence-corrected chi connectivity index (χ0v) is 10.7. The van der Waals surface area contributed by atoms with Crippen LogP contribution in [0.25, 0.3) is 0 Å². The number of aromatic nitrogens is 2. The number of likely N-dealkylation sites (N-methyl/N-ethyl adjacent to an activating group) is 1. The van der Waals surface area contributed by atoms with E-state index in [0.29, 0.717) is 6.61 Å². The Kier molecular flexibility index (Phi) is 4.78. The third kappa shape index (κ3) is 3.60. The molecule has 0 radical (unpaired) electrons. The van der Waals surface area contributed by atoms with Gasteiger partial charge in [0.05, 0.1) is 6.61 Å². The van der Waals surface area contributed by atoms with Gasteiger partial charge < -0.3 is 14.6 Å². The fourth-order valence-corrected chi connectivity index (χ4v) is 1.78. The Labute approximate surface area is 108 Å². The third-order valence-electron chi connectivity index (χ3n) is 2.74. The van der Waals surface area contributed by atoms with Gasteiger partial charge in [0.2, 0.25) is 0 Å². The lowest BCUT2D eigenvalue weighted by Gasteiger charge is -2.08. The minimum Gasteiger partial charge on any atom is -0.493 e. The van der Waals surface area contributed by atoms with E-state index in [4.69, 9.17) is 4.74 Å². The molecule has 0 fully saturated rings. The van der Waals surface area contributed by atoms with Crippen molar-refractivity contribution in [1.82, 2.24) is 14.9 Å². The normalized spacial score (nSPS) is 10.5. The van der Waals surface area contributed by atoms with Crippen molar-refractivity contribution in [2.45, 2.75) is 13.0 Å². The highest BCUT2D eigenvalue weighted by Gasteiger charge is 2.02. The maximum atomic E-state index is 5.67. The molecule has 18 heavy (non-hydrogen) atoms. The Morgan fingerprint density at radius 3 is 2.89 bits per heavy atom. The van der Waals surface area contributed by atoms with Crippen LogP contribution in [0.5, 0.6) is 5.75 Å². The van der Waals surface area contributed by atoms with Crippen molar-refractivity contribution < 1.29 is 4.74 Å². The molecule has 1 aromatic heterocycles. The molecule has 1 heterocycles. The predicted octanol–water partition coefficient (Wildman–Crippen LogP) is 1.72. The van der Waals surface area contributed by atoms with Gasteiger partial charge in [0.25, 0.3) is 0 Å². The topological polar surface area (TPSA) is 39.1 Å². The van der Waals surface area contributed by atoms with Crippen LogP contribution in [0.1, 0.15) is 5.82 Å². The molecule has 0 spiro atoms. The van der Waals surface area contributed by atoms with Crippen LogP contribution in [-0.4, -0.2) is 29.8 Å². The lowest BCUT2D eigenvalue weighted by Crippen LogP contribution is -2.17. The Hall–Kier alpha value is -1.81. The van der Waals surface area contributed by atoms with E-state index in [0.717, 1.165) is 31.1 Å². The predicted molar refractivity (Wildman–Crippen MR) is 71.8 cm³/mol. The van der Waals surface area contributed by atoms with E-state index in [1.165, 1.54) is 0 Å². The number of nitrogens with one attached hydrogen (secondary N) is 1. The van der Waals surface area contributed by atoms with Gasteiger partial charge in [-0.05, 0) is 19.2 Å². The first-order valence-corrected chi connectivity index (χ1v) is 6.22. The number of hydrogen-bond acceptors (Lipinski definition) is 3. The summed E-state index contributed by atoms with van der Waals surface area (Å²) in [5.74, 6) is 1.98. The molecule has 0 aliphatic carbocycles. The molecule has 0 saturated carbocycles. The van der Waals surface area contributed by atoms with Crippen LogP contribution in [0, 0.1) is 0 Å². The van der Waals surface area contributed by atoms with Gasteiger partial charge in [0, 0.05) is 31.9 Å². The van der Waals surface area contributed by atoms with Crippen molar-refractivity contribution in [2.75, 3.05) is 20.2 Å². The number of hydrogen-bond donors (Lipinski definition) is 1. The highest BCUT2D eigenvalue weighted by Crippen LogP contribution is 2.09. The quantitative estimate of drug-likeness (QED) is 0.807. The molecule has 0 aliphatic rings. The Morgan fingerprint density at radius 2 is 2.11 bits per heavy atom. The molecule has 0 unspecified atom stereocenters. The molecule has 2 rings (SSSR count). The summed E-state index contributed by atoms with van der Waals surface area (Å²) in [5, 5.41) is 3.14. The highest BCUT2D eigenvalue weighted by atomic mass is 16.5. The van der Waals surface area contributed by atoms with Crippen LogP contribution in [0.3, 0.4) is 0 Å². The van der Waals surface area contributed by atoms with Crippen LogP contribution < -0.4 is 10.1 Å². The van der Waals surface area contributed by atoms with Gasteiger partial charge in [-0.25, -0.2) is 4.98 Å². The zero-order chi connectivity index (χ0) is 12.6. The average Bonchev–Trinajstić information content (AvgIpc) is 2.85. The fraction of sp³-hybridized carbons (Fsp3) is 0.357. The molecular formula is C14H19N3O. The SMILES string of the molecule is CNCCn1ccnc1CCOc1ccccc1. The third-order valence-corrected chi connectivity index (χ3v) is 2.74. The monoisotopic (exact) mass is 245 g/mol. The van der Waals surface area contributed by atoms with Gasteiger partial charge in [-0.1, -0.05) is 18.2 Å². The van der Waals surface area contributed by atoms with Crippen molar-refractivity contribution in [3.8, 4) is 5.75 Å². The molecule has 1 aromatic carbocycles. The van der Waals surface area contributed by atoms with Gasteiger partial charge in [-0.3, -0.25) is 0 Å². The minimum atomic E-state index is 0.653. The van der Waals surface area contributed by atoms with E-state index in [9.17, 15) is 0 Å². The molecule has 96 valence electrons. The van der Waals surface area contributed by atoms with E-state index in [2.05, 4.69) is 14.9 Å². The standard InChI is InChI=1S/C14H19N3O/c1-15-8-10-17-11-9-16-14(17)7-12-18-13-5-3-2-4-6-13/h2-6,9,11,15H,7-8,10,12H2,1H3. The van der Waals surface area contributed by atoms with E-state index >= 15 is 0 Å². The van der Waals surface area contributed by atoms with Crippen molar-refractivity contribution in [3.05, 3.63) is 48.5 Å². The largest absolute Gasteiger partial charge is 0.493 e. The van der Waals surface area contributed by atoms with Crippen LogP contribution in [0.15, 0.2) is 42.7 Å². The van der Waals surface area contributed by atoms with Crippen molar-refractivity contribution in [2.24, 2.45) is 0 Å². The zero-order valence-electron chi connectivity index (χ0n) is 10.7. The Morgan fingerprint density at radius 1 is 1.28 bits per heavy atom. The second-order valence-electron chi connectivity index (χ2n) is 4.05. The summed E-state index contributed by atoms with van der Waals surface area (Å²) >= 11 is 0. The van der Waals surface area contributed by atoms with Crippen molar-refractivity contribution >= 4 is 0 Å². The van der Waals surface area contributed by atoms with Crippen molar-refractivity contribution in [3.63, 3.8) is 0 Å². The van der Waals surface area contributed by atoms with Gasteiger partial charge in [0.15, 0.2) is 0 Å². The van der Waals surface area contributed by atoms with E-state index in [-0.39, 0.29) is 0 Å². The first-order valence-electron chi connectivity index (χ1n) is 6.22. The molecule has 1 N–H and O–H groups in total. The van der Waals surface area contributed by atoms with Crippen LogP contribution in [0.4, 0.5) is 0 Å². The summed E-state index contributed by atoms with van der Waals surface area (Å²) in [6.07, 6.45) is 4.67. The first-order chi connectivity index (χ1) is 8.90. The molecule has 4 nitrogen and oxygen atoms in total. The van der Waals surface area contributed by atoms with E-state index in [1.807, 2.05) is 49.8 Å². The number of rotatable bonds is 7. The number of imidazole rings is 1. The highest BCUT2D eigenvalue weighted by molar-refractivity contribution is 5.20. The number of ether oxygens (including phenoxy) is 1. The molecule has 0 amide bonds. The molecule has 4 heteroatoms. The Balaban J connectivity index is 1.81. The maximum absolute atomic E-state index is 5.67. The smallest absolute Gasteiger partial charge is 0.119 e. The number of benzene rings is 1. The van der Waals surface area contributed by atoms with Crippen molar-refractivity contribution in [1.29, 1.82) is 0 Å². The summed E-state index contributed by atoms with van der Waals surface area (Å²) in [7, 11) is 1.95. The second-order valence-corrected chi connectivity index (χ2v) is 4.05. The summed E-state index contributed by atoms with van der Waals surface area (Å²) in [4.78, 5) is 4.36. The van der Waals surface area contributed by atoms with Gasteiger partial charge in [0.1, 0.15) is 11.6 Å². The first kappa shape index (κ1) is 12.6. The average molecular weight is 245 g/mol. The van der Waals surface area contributed by atoms with Crippen LogP contribution in [-0.2, 0) is 13.0 Å². The second kappa shape index (κ2) is 6.81. The lowest BCUT2D eigenvalue weighted by atomic mass is 10.3. The molecule has 0 bridgehead atoms. The number of para-hydroxylation sites is 1. The molecular weight excluding hydrogens is 226 g/mol. The molecule has 2 aromatic rings. The summed E-state index contributed by atoms with van der Waals surface area (Å²) in [6.45, 7) is 2.54. The summed E-state index contributed by atoms with van der Waals surface area (Å²) < 4.78 is 7.83. The van der Waals surface area contributed by atoms with E-state index in [1.54, 1.807) is 0 Å². The van der Waals surface area contributed by atoms with Crippen LogP contribution >= 0.6 is 0 Å².